The predicted octanol–water partition coefficient (Wildman–Crippen LogP) is 1.27. The van der Waals surface area contributed by atoms with E-state index in [1.165, 1.54) is 4.90 Å². The maximum absolute atomic E-state index is 11.5. The van der Waals surface area contributed by atoms with Crippen molar-refractivity contribution in [2.75, 3.05) is 7.11 Å². The lowest BCUT2D eigenvalue weighted by molar-refractivity contribution is -0.161. The molecule has 0 aromatic carbocycles. The van der Waals surface area contributed by atoms with Crippen LogP contribution in [0.1, 0.15) is 39.5 Å². The molecule has 1 N–H and O–H groups in total. The molecular weight excluding hydrogens is 222 g/mol. The normalized spacial score (nSPS) is 29.1. The minimum atomic E-state index is -1.05. The zero-order chi connectivity index (χ0) is 13.1. The molecule has 0 unspecified atom stereocenters. The Morgan fingerprint density at radius 2 is 2.00 bits per heavy atom. The van der Waals surface area contributed by atoms with Gasteiger partial charge in [-0.25, -0.2) is 4.79 Å². The molecule has 0 radical (unpaired) electrons. The van der Waals surface area contributed by atoms with E-state index in [1.807, 2.05) is 13.8 Å². The number of carboxylic acids is 1. The molecule has 1 rings (SSSR count). The Kier molecular flexibility index (Phi) is 4.51. The molecule has 17 heavy (non-hydrogen) atoms. The Morgan fingerprint density at radius 1 is 1.47 bits per heavy atom. The van der Waals surface area contributed by atoms with Crippen LogP contribution in [-0.4, -0.2) is 47.2 Å². The first-order valence-electron chi connectivity index (χ1n) is 5.98. The number of carbonyl (C=O) groups is 2. The lowest BCUT2D eigenvalue weighted by atomic mass is 9.78. The van der Waals surface area contributed by atoms with Crippen molar-refractivity contribution in [2.24, 2.45) is 0 Å². The van der Waals surface area contributed by atoms with Gasteiger partial charge in [-0.15, -0.1) is 0 Å². The van der Waals surface area contributed by atoms with Crippen molar-refractivity contribution in [2.45, 2.75) is 57.2 Å². The predicted molar refractivity (Wildman–Crippen MR) is 62.7 cm³/mol. The number of hydrogen-bond donors (Lipinski definition) is 1. The van der Waals surface area contributed by atoms with Crippen LogP contribution in [0.25, 0.3) is 0 Å². The molecule has 5 heteroatoms. The molecule has 0 bridgehead atoms. The Bertz CT molecular complexity index is 282. The van der Waals surface area contributed by atoms with Crippen LogP contribution >= 0.6 is 0 Å². The molecule has 98 valence electrons. The zero-order valence-corrected chi connectivity index (χ0v) is 10.7. The number of carboxylic acid groups (broad SMARTS) is 1. The third kappa shape index (κ3) is 2.60. The summed E-state index contributed by atoms with van der Waals surface area (Å²) in [5.41, 5.74) is -1.05. The standard InChI is InChI=1S/C12H21NO4/c1-9(2)13(8-14)12(11(15)16)6-4-10(17-3)5-7-12/h8-10H,4-7H2,1-3H3,(H,15,16). The number of ether oxygens (including phenoxy) is 1. The van der Waals surface area contributed by atoms with E-state index in [-0.39, 0.29) is 12.1 Å². The number of amides is 1. The molecule has 0 atom stereocenters. The van der Waals surface area contributed by atoms with Crippen LogP contribution in [0.3, 0.4) is 0 Å². The van der Waals surface area contributed by atoms with Gasteiger partial charge < -0.3 is 14.7 Å². The lowest BCUT2D eigenvalue weighted by Gasteiger charge is -2.44. The zero-order valence-electron chi connectivity index (χ0n) is 10.7. The third-order valence-electron chi connectivity index (χ3n) is 3.66. The van der Waals surface area contributed by atoms with Gasteiger partial charge in [-0.05, 0) is 39.5 Å². The van der Waals surface area contributed by atoms with E-state index in [2.05, 4.69) is 0 Å². The van der Waals surface area contributed by atoms with E-state index in [4.69, 9.17) is 4.74 Å². The minimum absolute atomic E-state index is 0.109. The van der Waals surface area contributed by atoms with Crippen molar-refractivity contribution >= 4 is 12.4 Å². The fourth-order valence-corrected chi connectivity index (χ4v) is 2.60. The summed E-state index contributed by atoms with van der Waals surface area (Å²) in [7, 11) is 1.64. The second kappa shape index (κ2) is 5.49. The number of hydrogen-bond acceptors (Lipinski definition) is 3. The SMILES string of the molecule is COC1CCC(C(=O)O)(N(C=O)C(C)C)CC1. The Balaban J connectivity index is 2.92. The number of aliphatic carboxylic acids is 1. The van der Waals surface area contributed by atoms with Crippen LogP contribution in [0.15, 0.2) is 0 Å². The average molecular weight is 243 g/mol. The van der Waals surface area contributed by atoms with E-state index < -0.39 is 11.5 Å². The van der Waals surface area contributed by atoms with Gasteiger partial charge in [0.25, 0.3) is 0 Å². The Hall–Kier alpha value is -1.10. The second-order valence-electron chi connectivity index (χ2n) is 4.88. The van der Waals surface area contributed by atoms with Crippen molar-refractivity contribution in [3.05, 3.63) is 0 Å². The monoisotopic (exact) mass is 243 g/mol. The number of carbonyl (C=O) groups excluding carboxylic acids is 1. The maximum Gasteiger partial charge on any atom is 0.329 e. The van der Waals surface area contributed by atoms with Gasteiger partial charge in [-0.3, -0.25) is 4.79 Å². The summed E-state index contributed by atoms with van der Waals surface area (Å²) in [6.45, 7) is 3.67. The molecule has 5 nitrogen and oxygen atoms in total. The average Bonchev–Trinajstić information content (AvgIpc) is 2.30. The highest BCUT2D eigenvalue weighted by Crippen LogP contribution is 2.35. The molecule has 0 saturated heterocycles. The first-order valence-corrected chi connectivity index (χ1v) is 5.98. The topological polar surface area (TPSA) is 66.8 Å². The third-order valence-corrected chi connectivity index (χ3v) is 3.66. The van der Waals surface area contributed by atoms with Gasteiger partial charge in [0.1, 0.15) is 5.54 Å². The van der Waals surface area contributed by atoms with E-state index in [0.717, 1.165) is 0 Å². The van der Waals surface area contributed by atoms with Crippen molar-refractivity contribution in [1.29, 1.82) is 0 Å². The van der Waals surface area contributed by atoms with Gasteiger partial charge >= 0.3 is 5.97 Å². The second-order valence-corrected chi connectivity index (χ2v) is 4.88. The van der Waals surface area contributed by atoms with Gasteiger partial charge in [0.2, 0.25) is 6.41 Å². The maximum atomic E-state index is 11.5. The highest BCUT2D eigenvalue weighted by molar-refractivity contribution is 5.81. The molecular formula is C12H21NO4. The number of nitrogens with zero attached hydrogens (tertiary/aromatic N) is 1. The van der Waals surface area contributed by atoms with E-state index in [9.17, 15) is 14.7 Å². The van der Waals surface area contributed by atoms with Gasteiger partial charge in [0, 0.05) is 13.2 Å². The molecule has 0 spiro atoms. The summed E-state index contributed by atoms with van der Waals surface area (Å²) in [5.74, 6) is -0.909. The molecule has 1 aliphatic rings. The minimum Gasteiger partial charge on any atom is -0.479 e. The summed E-state index contributed by atoms with van der Waals surface area (Å²) in [5, 5.41) is 9.46. The summed E-state index contributed by atoms with van der Waals surface area (Å²) in [6, 6.07) is -0.109. The fourth-order valence-electron chi connectivity index (χ4n) is 2.60. The highest BCUT2D eigenvalue weighted by Gasteiger charge is 2.47. The van der Waals surface area contributed by atoms with Crippen LogP contribution in [0.4, 0.5) is 0 Å². The number of rotatable bonds is 5. The van der Waals surface area contributed by atoms with Crippen molar-refractivity contribution in [1.82, 2.24) is 4.90 Å². The largest absolute Gasteiger partial charge is 0.479 e. The van der Waals surface area contributed by atoms with Gasteiger partial charge in [0.15, 0.2) is 0 Å². The number of methoxy groups -OCH3 is 1. The van der Waals surface area contributed by atoms with E-state index >= 15 is 0 Å². The summed E-state index contributed by atoms with van der Waals surface area (Å²) < 4.78 is 5.24. The lowest BCUT2D eigenvalue weighted by Crippen LogP contribution is -2.58. The van der Waals surface area contributed by atoms with Gasteiger partial charge in [0.05, 0.1) is 6.10 Å². The summed E-state index contributed by atoms with van der Waals surface area (Å²) >= 11 is 0. The first-order chi connectivity index (χ1) is 7.97. The summed E-state index contributed by atoms with van der Waals surface area (Å²) in [4.78, 5) is 24.1. The van der Waals surface area contributed by atoms with Crippen molar-refractivity contribution in [3.63, 3.8) is 0 Å². The molecule has 1 saturated carbocycles. The van der Waals surface area contributed by atoms with Crippen molar-refractivity contribution in [3.8, 4) is 0 Å². The van der Waals surface area contributed by atoms with Crippen LogP contribution in [0.2, 0.25) is 0 Å². The Morgan fingerprint density at radius 3 is 2.29 bits per heavy atom. The molecule has 1 aliphatic carbocycles. The molecule has 0 aromatic heterocycles. The molecule has 0 heterocycles. The fraction of sp³-hybridized carbons (Fsp3) is 0.833. The quantitative estimate of drug-likeness (QED) is 0.738. The highest BCUT2D eigenvalue weighted by atomic mass is 16.5. The van der Waals surface area contributed by atoms with Crippen LogP contribution in [0, 0.1) is 0 Å². The Labute approximate surface area is 102 Å². The van der Waals surface area contributed by atoms with Gasteiger partial charge in [-0.1, -0.05) is 0 Å². The summed E-state index contributed by atoms with van der Waals surface area (Å²) in [6.07, 6.45) is 3.05. The van der Waals surface area contributed by atoms with Crippen molar-refractivity contribution < 1.29 is 19.4 Å². The van der Waals surface area contributed by atoms with Crippen LogP contribution < -0.4 is 0 Å². The molecule has 1 fully saturated rings. The molecule has 0 aromatic rings. The van der Waals surface area contributed by atoms with Crippen LogP contribution in [-0.2, 0) is 14.3 Å². The van der Waals surface area contributed by atoms with Gasteiger partial charge in [-0.2, -0.15) is 0 Å². The van der Waals surface area contributed by atoms with Crippen LogP contribution in [0.5, 0.6) is 0 Å². The first kappa shape index (κ1) is 14.0. The van der Waals surface area contributed by atoms with E-state index in [0.29, 0.717) is 32.1 Å². The van der Waals surface area contributed by atoms with E-state index in [1.54, 1.807) is 7.11 Å². The smallest absolute Gasteiger partial charge is 0.329 e. The molecule has 1 amide bonds. The molecule has 0 aliphatic heterocycles.